The standard InChI is InChI=1S/C18H34N4O6/c1-2-3-4-19-5-7-20(13-16(23)24)9-11-22(15-18(27)28)12-10-21(8-6-19)14-17(25)26/h2-15H2,1H3,(H,23,24)(H,25,26)(H,27,28)/p-3. The van der Waals surface area contributed by atoms with E-state index in [2.05, 4.69) is 11.8 Å². The molecule has 0 bridgehead atoms. The van der Waals surface area contributed by atoms with Crippen LogP contribution in [-0.2, 0) is 14.4 Å². The van der Waals surface area contributed by atoms with Crippen molar-refractivity contribution in [2.45, 2.75) is 19.8 Å². The summed E-state index contributed by atoms with van der Waals surface area (Å²) < 4.78 is 0. The van der Waals surface area contributed by atoms with E-state index in [9.17, 15) is 29.7 Å². The van der Waals surface area contributed by atoms with E-state index in [1.54, 1.807) is 14.7 Å². The van der Waals surface area contributed by atoms with Gasteiger partial charge in [0.25, 0.3) is 0 Å². The third-order valence-corrected chi connectivity index (χ3v) is 4.82. The Kier molecular flexibility index (Phi) is 11.7. The lowest BCUT2D eigenvalue weighted by Gasteiger charge is -2.34. The number of carbonyl (C=O) groups is 3. The Bertz CT molecular complexity index is 472. The van der Waals surface area contributed by atoms with Crippen molar-refractivity contribution < 1.29 is 29.7 Å². The van der Waals surface area contributed by atoms with E-state index in [1.807, 2.05) is 0 Å². The van der Waals surface area contributed by atoms with Crippen LogP contribution in [0, 0.1) is 0 Å². The van der Waals surface area contributed by atoms with E-state index < -0.39 is 17.9 Å². The van der Waals surface area contributed by atoms with E-state index >= 15 is 0 Å². The topological polar surface area (TPSA) is 133 Å². The van der Waals surface area contributed by atoms with Crippen molar-refractivity contribution in [3.63, 3.8) is 0 Å². The molecule has 1 heterocycles. The van der Waals surface area contributed by atoms with Gasteiger partial charge in [-0.1, -0.05) is 13.3 Å². The minimum Gasteiger partial charge on any atom is -0.549 e. The zero-order valence-corrected chi connectivity index (χ0v) is 16.6. The number of carboxylic acid groups (broad SMARTS) is 3. The van der Waals surface area contributed by atoms with Gasteiger partial charge in [0.15, 0.2) is 0 Å². The molecule has 28 heavy (non-hydrogen) atoms. The maximum atomic E-state index is 11.0. The number of carbonyl (C=O) groups excluding carboxylic acids is 3. The molecule has 0 aromatic rings. The van der Waals surface area contributed by atoms with Crippen LogP contribution in [0.3, 0.4) is 0 Å². The van der Waals surface area contributed by atoms with Crippen LogP contribution in [0.2, 0.25) is 0 Å². The van der Waals surface area contributed by atoms with Gasteiger partial charge in [-0.15, -0.1) is 0 Å². The Morgan fingerprint density at radius 3 is 1.14 bits per heavy atom. The first-order valence-electron chi connectivity index (χ1n) is 9.79. The van der Waals surface area contributed by atoms with Gasteiger partial charge < -0.3 is 34.6 Å². The van der Waals surface area contributed by atoms with Crippen LogP contribution in [0.25, 0.3) is 0 Å². The number of nitrogens with zero attached hydrogens (tertiary/aromatic N) is 4. The van der Waals surface area contributed by atoms with Crippen LogP contribution in [0.15, 0.2) is 0 Å². The molecule has 0 unspecified atom stereocenters. The van der Waals surface area contributed by atoms with Crippen molar-refractivity contribution in [2.24, 2.45) is 0 Å². The van der Waals surface area contributed by atoms with Gasteiger partial charge in [0.05, 0.1) is 17.9 Å². The van der Waals surface area contributed by atoms with Gasteiger partial charge in [0, 0.05) is 72.0 Å². The fourth-order valence-electron chi connectivity index (χ4n) is 3.21. The Balaban J connectivity index is 2.86. The molecule has 1 aliphatic rings. The van der Waals surface area contributed by atoms with Crippen LogP contribution in [0.1, 0.15) is 19.8 Å². The first-order chi connectivity index (χ1) is 13.3. The first-order valence-corrected chi connectivity index (χ1v) is 9.79. The van der Waals surface area contributed by atoms with Crippen molar-refractivity contribution in [2.75, 3.05) is 78.5 Å². The first kappa shape index (κ1) is 24.3. The van der Waals surface area contributed by atoms with Crippen LogP contribution in [0.5, 0.6) is 0 Å². The summed E-state index contributed by atoms with van der Waals surface area (Å²) in [7, 11) is 0. The summed E-state index contributed by atoms with van der Waals surface area (Å²) in [6.45, 7) is 5.99. The summed E-state index contributed by atoms with van der Waals surface area (Å²) in [6, 6.07) is 0. The van der Waals surface area contributed by atoms with E-state index in [-0.39, 0.29) is 19.6 Å². The second kappa shape index (κ2) is 13.4. The lowest BCUT2D eigenvalue weighted by molar-refractivity contribution is -0.308. The summed E-state index contributed by atoms with van der Waals surface area (Å²) >= 11 is 0. The Labute approximate surface area is 166 Å². The molecule has 162 valence electrons. The van der Waals surface area contributed by atoms with Crippen LogP contribution in [-0.4, -0.2) is 116 Å². The Hall–Kier alpha value is -1.75. The highest BCUT2D eigenvalue weighted by atomic mass is 16.4. The second-order valence-corrected chi connectivity index (χ2v) is 7.14. The van der Waals surface area contributed by atoms with Crippen LogP contribution >= 0.6 is 0 Å². The van der Waals surface area contributed by atoms with Gasteiger partial charge in [-0.2, -0.15) is 0 Å². The zero-order valence-electron chi connectivity index (χ0n) is 16.6. The van der Waals surface area contributed by atoms with Gasteiger partial charge >= 0.3 is 0 Å². The molecule has 0 radical (unpaired) electrons. The molecule has 10 heteroatoms. The average Bonchev–Trinajstić information content (AvgIpc) is 2.59. The highest BCUT2D eigenvalue weighted by molar-refractivity contribution is 5.67. The average molecular weight is 399 g/mol. The highest BCUT2D eigenvalue weighted by Gasteiger charge is 2.16. The van der Waals surface area contributed by atoms with Gasteiger partial charge in [-0.3, -0.25) is 14.7 Å². The molecule has 1 rings (SSSR count). The lowest BCUT2D eigenvalue weighted by Crippen LogP contribution is -2.51. The molecular formula is C18H31N4O6-3. The van der Waals surface area contributed by atoms with E-state index in [1.165, 1.54) is 0 Å². The predicted molar refractivity (Wildman–Crippen MR) is 95.7 cm³/mol. The number of hydrogen-bond donors (Lipinski definition) is 0. The van der Waals surface area contributed by atoms with Gasteiger partial charge in [0.2, 0.25) is 0 Å². The number of hydrogen-bond acceptors (Lipinski definition) is 10. The SMILES string of the molecule is CCCCN1CCN(CC(=O)[O-])CCN(CC(=O)[O-])CCN(CC(=O)[O-])CC1. The number of carboxylic acids is 3. The van der Waals surface area contributed by atoms with Crippen LogP contribution in [0.4, 0.5) is 0 Å². The Morgan fingerprint density at radius 1 is 0.607 bits per heavy atom. The Morgan fingerprint density at radius 2 is 0.893 bits per heavy atom. The molecule has 1 saturated heterocycles. The van der Waals surface area contributed by atoms with Gasteiger partial charge in [-0.05, 0) is 13.0 Å². The summed E-state index contributed by atoms with van der Waals surface area (Å²) in [5.41, 5.74) is 0. The number of unbranched alkanes of at least 4 members (excludes halogenated alkanes) is 1. The third kappa shape index (κ3) is 11.2. The second-order valence-electron chi connectivity index (χ2n) is 7.14. The summed E-state index contributed by atoms with van der Waals surface area (Å²) in [4.78, 5) is 40.4. The van der Waals surface area contributed by atoms with Crippen LogP contribution < -0.4 is 15.3 Å². The molecule has 0 aliphatic carbocycles. The molecule has 1 fully saturated rings. The third-order valence-electron chi connectivity index (χ3n) is 4.82. The number of rotatable bonds is 9. The summed E-state index contributed by atoms with van der Waals surface area (Å²) in [6.07, 6.45) is 2.03. The summed E-state index contributed by atoms with van der Waals surface area (Å²) in [5.74, 6) is -3.56. The fourth-order valence-corrected chi connectivity index (χ4v) is 3.21. The highest BCUT2D eigenvalue weighted by Crippen LogP contribution is 2.02. The van der Waals surface area contributed by atoms with Gasteiger partial charge in [-0.25, -0.2) is 0 Å². The summed E-state index contributed by atoms with van der Waals surface area (Å²) in [5, 5.41) is 33.1. The molecule has 0 spiro atoms. The lowest BCUT2D eigenvalue weighted by atomic mass is 10.3. The molecule has 0 N–H and O–H groups in total. The van der Waals surface area contributed by atoms with Crippen molar-refractivity contribution in [1.29, 1.82) is 0 Å². The monoisotopic (exact) mass is 399 g/mol. The minimum atomic E-state index is -1.23. The molecule has 0 atom stereocenters. The molecular weight excluding hydrogens is 368 g/mol. The maximum absolute atomic E-state index is 11.0. The van der Waals surface area contributed by atoms with Crippen molar-refractivity contribution >= 4 is 17.9 Å². The minimum absolute atomic E-state index is 0.211. The molecule has 10 nitrogen and oxygen atoms in total. The fraction of sp³-hybridized carbons (Fsp3) is 0.833. The van der Waals surface area contributed by atoms with Crippen molar-refractivity contribution in [1.82, 2.24) is 19.6 Å². The van der Waals surface area contributed by atoms with Crippen molar-refractivity contribution in [3.8, 4) is 0 Å². The van der Waals surface area contributed by atoms with E-state index in [4.69, 9.17) is 0 Å². The smallest absolute Gasteiger partial charge is 0.0555 e. The molecule has 0 amide bonds. The molecule has 1 aliphatic heterocycles. The predicted octanol–water partition coefficient (Wildman–Crippen LogP) is -4.74. The normalized spacial score (nSPS) is 19.6. The van der Waals surface area contributed by atoms with E-state index in [0.29, 0.717) is 52.4 Å². The largest absolute Gasteiger partial charge is 0.549 e. The molecule has 0 aromatic heterocycles. The molecule has 0 saturated carbocycles. The van der Waals surface area contributed by atoms with E-state index in [0.717, 1.165) is 19.4 Å². The quantitative estimate of drug-likeness (QED) is 0.372. The van der Waals surface area contributed by atoms with Gasteiger partial charge in [0.1, 0.15) is 0 Å². The maximum Gasteiger partial charge on any atom is 0.0555 e. The molecule has 0 aromatic carbocycles. The van der Waals surface area contributed by atoms with Crippen molar-refractivity contribution in [3.05, 3.63) is 0 Å². The number of aliphatic carboxylic acids is 3. The zero-order chi connectivity index (χ0) is 20.9.